The van der Waals surface area contributed by atoms with Gasteiger partial charge in [0, 0.05) is 18.6 Å². The number of ether oxygens (including phenoxy) is 1. The molecule has 0 aliphatic heterocycles. The van der Waals surface area contributed by atoms with Crippen LogP contribution in [-0.2, 0) is 14.6 Å². The first-order valence-electron chi connectivity index (χ1n) is 7.28. The summed E-state index contributed by atoms with van der Waals surface area (Å²) in [6, 6.07) is 4.96. The van der Waals surface area contributed by atoms with Crippen molar-refractivity contribution >= 4 is 15.5 Å². The molecule has 0 unspecified atom stereocenters. The van der Waals surface area contributed by atoms with E-state index in [2.05, 4.69) is 6.08 Å². The molecule has 0 saturated heterocycles. The zero-order valence-corrected chi connectivity index (χ0v) is 13.0. The average molecular weight is 325 g/mol. The highest BCUT2D eigenvalue weighted by Crippen LogP contribution is 2.20. The Kier molecular flexibility index (Phi) is 5.54. The minimum atomic E-state index is -3.43. The molecule has 7 heteroatoms. The van der Waals surface area contributed by atoms with Gasteiger partial charge < -0.3 is 4.74 Å². The topological polar surface area (TPSA) is 86.5 Å². The van der Waals surface area contributed by atoms with Gasteiger partial charge in [-0.1, -0.05) is 0 Å². The third-order valence-corrected chi connectivity index (χ3v) is 5.32. The van der Waals surface area contributed by atoms with Gasteiger partial charge in [-0.05, 0) is 43.9 Å². The first kappa shape index (κ1) is 16.5. The lowest BCUT2D eigenvalue weighted by Gasteiger charge is -2.14. The SMILES string of the molecule is O=[N+]([O-])c1ccc(S(=O)(=O)CCCOC2=CCCCC2)cc1. The highest BCUT2D eigenvalue weighted by Gasteiger charge is 2.16. The third-order valence-electron chi connectivity index (χ3n) is 3.50. The quantitative estimate of drug-likeness (QED) is 0.436. The number of hydrogen-bond acceptors (Lipinski definition) is 5. The number of rotatable bonds is 7. The van der Waals surface area contributed by atoms with E-state index in [0.717, 1.165) is 25.0 Å². The number of hydrogen-bond donors (Lipinski definition) is 0. The van der Waals surface area contributed by atoms with Crippen LogP contribution in [-0.4, -0.2) is 25.7 Å². The maximum atomic E-state index is 12.1. The van der Waals surface area contributed by atoms with E-state index >= 15 is 0 Å². The highest BCUT2D eigenvalue weighted by atomic mass is 32.2. The lowest BCUT2D eigenvalue weighted by atomic mass is 10.1. The summed E-state index contributed by atoms with van der Waals surface area (Å²) in [7, 11) is -3.43. The molecule has 1 aliphatic carbocycles. The second kappa shape index (κ2) is 7.40. The smallest absolute Gasteiger partial charge is 0.269 e. The standard InChI is InChI=1S/C15H19NO5S/c17-16(18)13-7-9-15(10-8-13)22(19,20)12-4-11-21-14-5-2-1-3-6-14/h5,7-10H,1-4,6,11-12H2. The molecule has 0 fully saturated rings. The van der Waals surface area contributed by atoms with Gasteiger partial charge in [-0.25, -0.2) is 8.42 Å². The highest BCUT2D eigenvalue weighted by molar-refractivity contribution is 7.91. The summed E-state index contributed by atoms with van der Waals surface area (Å²) in [6.07, 6.45) is 6.71. The number of nitro benzene ring substituents is 1. The van der Waals surface area contributed by atoms with Crippen LogP contribution in [0, 0.1) is 10.1 Å². The molecule has 0 radical (unpaired) electrons. The normalized spacial score (nSPS) is 15.2. The zero-order valence-electron chi connectivity index (χ0n) is 12.2. The van der Waals surface area contributed by atoms with E-state index in [-0.39, 0.29) is 16.3 Å². The minimum absolute atomic E-state index is 0.0297. The van der Waals surface area contributed by atoms with Gasteiger partial charge >= 0.3 is 0 Å². The first-order valence-corrected chi connectivity index (χ1v) is 8.93. The first-order chi connectivity index (χ1) is 10.5. The summed E-state index contributed by atoms with van der Waals surface area (Å²) in [4.78, 5) is 10.1. The molecule has 1 aromatic rings. The molecule has 0 N–H and O–H groups in total. The molecule has 0 heterocycles. The van der Waals surface area contributed by atoms with E-state index in [4.69, 9.17) is 4.74 Å². The lowest BCUT2D eigenvalue weighted by molar-refractivity contribution is -0.384. The molecule has 0 bridgehead atoms. The third kappa shape index (κ3) is 4.56. The summed E-state index contributed by atoms with van der Waals surface area (Å²) in [5, 5.41) is 10.6. The van der Waals surface area contributed by atoms with E-state index in [1.807, 2.05) is 0 Å². The molecule has 0 aromatic heterocycles. The molecular formula is C15H19NO5S. The molecule has 120 valence electrons. The predicted octanol–water partition coefficient (Wildman–Crippen LogP) is 3.23. The lowest BCUT2D eigenvalue weighted by Crippen LogP contribution is -2.10. The fraction of sp³-hybridized carbons (Fsp3) is 0.467. The van der Waals surface area contributed by atoms with Gasteiger partial charge in [-0.15, -0.1) is 0 Å². The van der Waals surface area contributed by atoms with Crippen LogP contribution in [0.4, 0.5) is 5.69 Å². The second-order valence-electron chi connectivity index (χ2n) is 5.19. The van der Waals surface area contributed by atoms with Gasteiger partial charge in [0.2, 0.25) is 0 Å². The fourth-order valence-electron chi connectivity index (χ4n) is 2.29. The van der Waals surface area contributed by atoms with Crippen molar-refractivity contribution < 1.29 is 18.1 Å². The summed E-state index contributed by atoms with van der Waals surface area (Å²) >= 11 is 0. The molecular weight excluding hydrogens is 306 g/mol. The largest absolute Gasteiger partial charge is 0.498 e. The number of benzene rings is 1. The van der Waals surface area contributed by atoms with E-state index in [1.165, 1.54) is 30.7 Å². The maximum Gasteiger partial charge on any atom is 0.269 e. The van der Waals surface area contributed by atoms with Crippen LogP contribution < -0.4 is 0 Å². The molecule has 0 atom stereocenters. The summed E-state index contributed by atoms with van der Waals surface area (Å²) in [6.45, 7) is 0.373. The molecule has 2 rings (SSSR count). The number of non-ortho nitro benzene ring substituents is 1. The van der Waals surface area contributed by atoms with E-state index in [9.17, 15) is 18.5 Å². The second-order valence-corrected chi connectivity index (χ2v) is 7.30. The van der Waals surface area contributed by atoms with Crippen molar-refractivity contribution in [2.45, 2.75) is 37.0 Å². The van der Waals surface area contributed by atoms with Gasteiger partial charge in [-0.2, -0.15) is 0 Å². The van der Waals surface area contributed by atoms with Crippen LogP contribution in [0.5, 0.6) is 0 Å². The maximum absolute atomic E-state index is 12.1. The minimum Gasteiger partial charge on any atom is -0.498 e. The molecule has 1 aromatic carbocycles. The monoisotopic (exact) mass is 325 g/mol. The van der Waals surface area contributed by atoms with E-state index in [1.54, 1.807) is 0 Å². The van der Waals surface area contributed by atoms with Crippen molar-refractivity contribution in [2.75, 3.05) is 12.4 Å². The van der Waals surface area contributed by atoms with Gasteiger partial charge in [0.05, 0.1) is 27.9 Å². The molecule has 0 saturated carbocycles. The number of sulfone groups is 1. The molecule has 6 nitrogen and oxygen atoms in total. The van der Waals surface area contributed by atoms with Crippen molar-refractivity contribution in [3.63, 3.8) is 0 Å². The summed E-state index contributed by atoms with van der Waals surface area (Å²) < 4.78 is 29.8. The van der Waals surface area contributed by atoms with Crippen molar-refractivity contribution in [3.05, 3.63) is 46.2 Å². The molecule has 22 heavy (non-hydrogen) atoms. The summed E-state index contributed by atoms with van der Waals surface area (Å²) in [5.74, 6) is 0.928. The number of nitrogens with zero attached hydrogens (tertiary/aromatic N) is 1. The number of nitro groups is 1. The van der Waals surface area contributed by atoms with Crippen LogP contribution >= 0.6 is 0 Å². The Morgan fingerprint density at radius 1 is 1.18 bits per heavy atom. The van der Waals surface area contributed by atoms with Gasteiger partial charge in [0.25, 0.3) is 5.69 Å². The van der Waals surface area contributed by atoms with E-state index in [0.29, 0.717) is 13.0 Å². The molecule has 0 amide bonds. The van der Waals surface area contributed by atoms with Crippen LogP contribution in [0.25, 0.3) is 0 Å². The Bertz CT molecular complexity index is 649. The Hall–Kier alpha value is -1.89. The van der Waals surface area contributed by atoms with E-state index < -0.39 is 14.8 Å². The van der Waals surface area contributed by atoms with Crippen molar-refractivity contribution in [2.24, 2.45) is 0 Å². The average Bonchev–Trinajstić information content (AvgIpc) is 2.53. The fourth-order valence-corrected chi connectivity index (χ4v) is 3.57. The van der Waals surface area contributed by atoms with Crippen LogP contribution in [0.1, 0.15) is 32.1 Å². The Morgan fingerprint density at radius 3 is 2.50 bits per heavy atom. The van der Waals surface area contributed by atoms with Crippen LogP contribution in [0.15, 0.2) is 41.0 Å². The Morgan fingerprint density at radius 2 is 1.91 bits per heavy atom. The van der Waals surface area contributed by atoms with Crippen LogP contribution in [0.3, 0.4) is 0 Å². The van der Waals surface area contributed by atoms with Crippen molar-refractivity contribution in [1.82, 2.24) is 0 Å². The van der Waals surface area contributed by atoms with Crippen molar-refractivity contribution in [3.8, 4) is 0 Å². The Balaban J connectivity index is 1.85. The van der Waals surface area contributed by atoms with Gasteiger partial charge in [-0.3, -0.25) is 10.1 Å². The Labute approximate surface area is 129 Å². The zero-order chi connectivity index (χ0) is 16.0. The van der Waals surface area contributed by atoms with Crippen LogP contribution in [0.2, 0.25) is 0 Å². The molecule has 1 aliphatic rings. The molecule has 0 spiro atoms. The van der Waals surface area contributed by atoms with Gasteiger partial charge in [0.1, 0.15) is 0 Å². The predicted molar refractivity (Wildman–Crippen MR) is 82.3 cm³/mol. The van der Waals surface area contributed by atoms with Gasteiger partial charge in [0.15, 0.2) is 9.84 Å². The summed E-state index contributed by atoms with van der Waals surface area (Å²) in [5.41, 5.74) is -0.119. The number of allylic oxidation sites excluding steroid dienone is 2. The van der Waals surface area contributed by atoms with Crippen molar-refractivity contribution in [1.29, 1.82) is 0 Å².